The van der Waals surface area contributed by atoms with Gasteiger partial charge in [-0.15, -0.1) is 0 Å². The van der Waals surface area contributed by atoms with E-state index in [4.69, 9.17) is 14.2 Å². The second-order valence-electron chi connectivity index (χ2n) is 10.6. The number of hydrogen-bond donors (Lipinski definition) is 0. The van der Waals surface area contributed by atoms with Crippen molar-refractivity contribution in [2.45, 2.75) is 168 Å². The summed E-state index contributed by atoms with van der Waals surface area (Å²) in [5, 5.41) is 2.31. The topological polar surface area (TPSA) is 27.7 Å². The maximum absolute atomic E-state index is 6.23. The van der Waals surface area contributed by atoms with E-state index in [-0.39, 0.29) is 12.6 Å². The summed E-state index contributed by atoms with van der Waals surface area (Å²) >= 11 is 7.02. The fraction of sp³-hybridized carbons (Fsp3) is 0.882. The highest BCUT2D eigenvalue weighted by atomic mass is 79.9. The van der Waals surface area contributed by atoms with E-state index in [0.717, 1.165) is 36.3 Å². The molecule has 0 aliphatic heterocycles. The summed E-state index contributed by atoms with van der Waals surface area (Å²) in [6.45, 7) is 5.41. The van der Waals surface area contributed by atoms with Gasteiger partial charge in [0.05, 0.1) is 0 Å². The summed E-state index contributed by atoms with van der Waals surface area (Å²) in [5.74, 6) is 0. The molecule has 0 fully saturated rings. The molecule has 2 atom stereocenters. The van der Waals surface area contributed by atoms with E-state index < -0.39 is 0 Å². The van der Waals surface area contributed by atoms with Crippen LogP contribution in [-0.2, 0) is 14.2 Å². The van der Waals surface area contributed by atoms with Crippen molar-refractivity contribution < 1.29 is 14.2 Å². The molecule has 0 spiro atoms. The van der Waals surface area contributed by atoms with Crippen LogP contribution in [0.4, 0.5) is 0 Å². The van der Waals surface area contributed by atoms with Gasteiger partial charge < -0.3 is 14.2 Å². The average molecular weight is 681 g/mol. The van der Waals surface area contributed by atoms with Crippen molar-refractivity contribution in [1.82, 2.24) is 0 Å². The van der Waals surface area contributed by atoms with E-state index >= 15 is 0 Å². The maximum atomic E-state index is 6.23. The maximum Gasteiger partial charge on any atom is 0.161 e. The third-order valence-corrected chi connectivity index (χ3v) is 8.11. The van der Waals surface area contributed by atoms with Gasteiger partial charge in [-0.25, -0.2) is 0 Å². The first kappa shape index (κ1) is 39.3. The molecule has 0 aromatic rings. The molecule has 5 heteroatoms. The van der Waals surface area contributed by atoms with E-state index in [2.05, 4.69) is 56.2 Å². The van der Waals surface area contributed by atoms with Gasteiger partial charge in [-0.3, -0.25) is 0 Å². The largest absolute Gasteiger partial charge is 0.353 e. The first-order chi connectivity index (χ1) is 19.3. The van der Waals surface area contributed by atoms with Gasteiger partial charge in [0.15, 0.2) is 12.6 Å². The molecule has 0 heterocycles. The van der Waals surface area contributed by atoms with Crippen molar-refractivity contribution in [2.75, 3.05) is 23.9 Å². The van der Waals surface area contributed by atoms with Crippen molar-refractivity contribution in [3.8, 4) is 0 Å². The van der Waals surface area contributed by atoms with E-state index in [9.17, 15) is 0 Å². The molecule has 0 radical (unpaired) electrons. The van der Waals surface area contributed by atoms with Crippen LogP contribution in [0.3, 0.4) is 0 Å². The standard InChI is InChI=1S/C34H64Br2O3/c1-3-37-33(29-25-21-17-13-9-5-7-11-15-19-23-27-31-35)39-34(38-4-2)30-26-22-18-14-10-6-8-12-16-20-24-28-32-36/h17-18,21-22,33-34H,3-16,19-20,23-32H2,1-2H3. The monoisotopic (exact) mass is 678 g/mol. The molecule has 0 bridgehead atoms. The second-order valence-corrected chi connectivity index (χ2v) is 12.2. The fourth-order valence-electron chi connectivity index (χ4n) is 4.69. The van der Waals surface area contributed by atoms with Gasteiger partial charge in [0, 0.05) is 36.7 Å². The Morgan fingerprint density at radius 3 is 1.08 bits per heavy atom. The lowest BCUT2D eigenvalue weighted by Crippen LogP contribution is -2.27. The van der Waals surface area contributed by atoms with Gasteiger partial charge in [0.1, 0.15) is 0 Å². The Hall–Kier alpha value is 0.320. The summed E-state index contributed by atoms with van der Waals surface area (Å²) in [4.78, 5) is 0. The van der Waals surface area contributed by atoms with E-state index in [1.165, 1.54) is 116 Å². The van der Waals surface area contributed by atoms with Crippen LogP contribution < -0.4 is 0 Å². The second kappa shape index (κ2) is 34.5. The zero-order valence-corrected chi connectivity index (χ0v) is 29.0. The minimum atomic E-state index is -0.191. The minimum absolute atomic E-state index is 0.191. The third-order valence-electron chi connectivity index (χ3n) is 6.99. The molecule has 0 amide bonds. The number of ether oxygens (including phenoxy) is 3. The molecule has 0 aliphatic rings. The molecule has 0 aromatic heterocycles. The first-order valence-electron chi connectivity index (χ1n) is 16.6. The highest BCUT2D eigenvalue weighted by molar-refractivity contribution is 9.09. The molecule has 3 nitrogen and oxygen atoms in total. The van der Waals surface area contributed by atoms with Crippen LogP contribution in [0.25, 0.3) is 0 Å². The Bertz CT molecular complexity index is 469. The van der Waals surface area contributed by atoms with Crippen LogP contribution in [-0.4, -0.2) is 36.5 Å². The first-order valence-corrected chi connectivity index (χ1v) is 18.8. The van der Waals surface area contributed by atoms with Crippen LogP contribution in [0.15, 0.2) is 24.3 Å². The fourth-order valence-corrected chi connectivity index (χ4v) is 5.49. The number of halogens is 2. The Kier molecular flexibility index (Phi) is 34.8. The quantitative estimate of drug-likeness (QED) is 0.0306. The Labute approximate surface area is 260 Å². The summed E-state index contributed by atoms with van der Waals surface area (Å²) in [6, 6.07) is 0. The van der Waals surface area contributed by atoms with Gasteiger partial charge in [-0.05, 0) is 65.2 Å². The lowest BCUT2D eigenvalue weighted by molar-refractivity contribution is -0.246. The number of unbranched alkanes of at least 4 members (excludes halogenated alkanes) is 16. The molecule has 0 saturated heterocycles. The summed E-state index contributed by atoms with van der Waals surface area (Å²) < 4.78 is 18.0. The van der Waals surface area contributed by atoms with Gasteiger partial charge in [0.2, 0.25) is 0 Å². The van der Waals surface area contributed by atoms with Crippen molar-refractivity contribution in [3.05, 3.63) is 24.3 Å². The van der Waals surface area contributed by atoms with Crippen LogP contribution in [0.5, 0.6) is 0 Å². The molecule has 0 rings (SSSR count). The number of allylic oxidation sites excluding steroid dienone is 4. The summed E-state index contributed by atoms with van der Waals surface area (Å²) in [6.07, 6.45) is 36.9. The molecule has 39 heavy (non-hydrogen) atoms. The van der Waals surface area contributed by atoms with Gasteiger partial charge in [0.25, 0.3) is 0 Å². The third kappa shape index (κ3) is 31.1. The van der Waals surface area contributed by atoms with Crippen molar-refractivity contribution in [3.63, 3.8) is 0 Å². The van der Waals surface area contributed by atoms with Crippen molar-refractivity contribution >= 4 is 31.9 Å². The summed E-state index contributed by atoms with van der Waals surface area (Å²) in [7, 11) is 0. The molecular formula is C34H64Br2O3. The van der Waals surface area contributed by atoms with Crippen LogP contribution >= 0.6 is 31.9 Å². The number of rotatable bonds is 32. The molecule has 2 unspecified atom stereocenters. The molecule has 0 aromatic carbocycles. The molecular weight excluding hydrogens is 616 g/mol. The molecule has 0 saturated carbocycles. The van der Waals surface area contributed by atoms with Crippen molar-refractivity contribution in [2.24, 2.45) is 0 Å². The van der Waals surface area contributed by atoms with Crippen LogP contribution in [0, 0.1) is 0 Å². The predicted molar refractivity (Wildman–Crippen MR) is 179 cm³/mol. The smallest absolute Gasteiger partial charge is 0.161 e. The highest BCUT2D eigenvalue weighted by Crippen LogP contribution is 2.16. The minimum Gasteiger partial charge on any atom is -0.353 e. The van der Waals surface area contributed by atoms with Crippen LogP contribution in [0.1, 0.15) is 155 Å². The molecule has 0 aliphatic carbocycles. The van der Waals surface area contributed by atoms with E-state index in [0.29, 0.717) is 13.2 Å². The van der Waals surface area contributed by atoms with Crippen LogP contribution in [0.2, 0.25) is 0 Å². The Morgan fingerprint density at radius 1 is 0.436 bits per heavy atom. The van der Waals surface area contributed by atoms with Gasteiger partial charge in [-0.2, -0.15) is 0 Å². The normalized spacial score (nSPS) is 13.6. The molecule has 232 valence electrons. The van der Waals surface area contributed by atoms with Gasteiger partial charge >= 0.3 is 0 Å². The predicted octanol–water partition coefficient (Wildman–Crippen LogP) is 12.2. The van der Waals surface area contributed by atoms with E-state index in [1.807, 2.05) is 13.8 Å². The zero-order valence-electron chi connectivity index (χ0n) is 25.8. The summed E-state index contributed by atoms with van der Waals surface area (Å²) in [5.41, 5.74) is 0. The lowest BCUT2D eigenvalue weighted by atomic mass is 10.1. The highest BCUT2D eigenvalue weighted by Gasteiger charge is 2.16. The SMILES string of the molecule is CCOC(CCC=CCCCCCCCCCCBr)OC(CCC=CCCCCCCCCCCBr)OCC. The Balaban J connectivity index is 3.92. The average Bonchev–Trinajstić information content (AvgIpc) is 2.94. The number of hydrogen-bond acceptors (Lipinski definition) is 3. The molecule has 0 N–H and O–H groups in total. The zero-order chi connectivity index (χ0) is 28.5. The lowest BCUT2D eigenvalue weighted by Gasteiger charge is -2.24. The number of alkyl halides is 2. The van der Waals surface area contributed by atoms with E-state index in [1.54, 1.807) is 0 Å². The van der Waals surface area contributed by atoms with Gasteiger partial charge in [-0.1, -0.05) is 133 Å². The van der Waals surface area contributed by atoms with Crippen molar-refractivity contribution in [1.29, 1.82) is 0 Å². The Morgan fingerprint density at radius 2 is 0.744 bits per heavy atom.